The van der Waals surface area contributed by atoms with E-state index in [0.717, 1.165) is 17.4 Å². The average molecular weight is 431 g/mol. The van der Waals surface area contributed by atoms with Gasteiger partial charge in [0, 0.05) is 17.8 Å². The van der Waals surface area contributed by atoms with Gasteiger partial charge < -0.3 is 0 Å². The summed E-state index contributed by atoms with van der Waals surface area (Å²) in [5.41, 5.74) is -0.0216. The molecule has 29 heavy (non-hydrogen) atoms. The number of pyridine rings is 1. The highest BCUT2D eigenvalue weighted by atomic mass is 35.5. The van der Waals surface area contributed by atoms with Crippen LogP contribution in [-0.4, -0.2) is 14.1 Å². The van der Waals surface area contributed by atoms with Crippen LogP contribution in [0, 0.1) is 17.1 Å². The molecule has 9 heteroatoms. The number of rotatable bonds is 4. The van der Waals surface area contributed by atoms with Gasteiger partial charge in [0.15, 0.2) is 0 Å². The Labute approximate surface area is 174 Å². The molecule has 0 unspecified atom stereocenters. The molecule has 2 aromatic heterocycles. The lowest BCUT2D eigenvalue weighted by atomic mass is 10.0. The third-order valence-electron chi connectivity index (χ3n) is 4.74. The van der Waals surface area contributed by atoms with E-state index in [1.807, 2.05) is 6.07 Å². The Balaban J connectivity index is 2.13. The minimum Gasteiger partial charge on any atom is -0.283 e. The van der Waals surface area contributed by atoms with E-state index in [4.69, 9.17) is 23.2 Å². The first kappa shape index (κ1) is 19.4. The van der Waals surface area contributed by atoms with Gasteiger partial charge in [-0.3, -0.25) is 14.3 Å². The van der Waals surface area contributed by atoms with Gasteiger partial charge in [0.05, 0.1) is 33.6 Å². The molecule has 0 spiro atoms. The molecular formula is C20H13Cl2FN4O2. The van der Waals surface area contributed by atoms with Crippen LogP contribution in [0.1, 0.15) is 24.5 Å². The van der Waals surface area contributed by atoms with Crippen LogP contribution in [0.4, 0.5) is 4.39 Å². The third-order valence-corrected chi connectivity index (χ3v) is 5.23. The molecule has 146 valence electrons. The van der Waals surface area contributed by atoms with Crippen LogP contribution in [-0.2, 0) is 6.54 Å². The smallest absolute Gasteiger partial charge is 0.283 e. The second kappa shape index (κ2) is 7.47. The second-order valence-corrected chi connectivity index (χ2v) is 7.54. The minimum absolute atomic E-state index is 0.0327. The van der Waals surface area contributed by atoms with Crippen LogP contribution in [0.25, 0.3) is 16.8 Å². The van der Waals surface area contributed by atoms with Crippen LogP contribution >= 0.6 is 23.2 Å². The zero-order valence-corrected chi connectivity index (χ0v) is 16.4. The highest BCUT2D eigenvalue weighted by molar-refractivity contribution is 6.31. The molecule has 0 aliphatic heterocycles. The summed E-state index contributed by atoms with van der Waals surface area (Å²) in [5.74, 6) is -0.650. The van der Waals surface area contributed by atoms with Gasteiger partial charge in [0.1, 0.15) is 12.4 Å². The Hall–Kier alpha value is -2.95. The SMILES string of the molecule is N#CCn1c(C2CC2)c(-c2ccc(F)c(Cl)c2)c(=O)n(-c2cncc(Cl)c2)c1=O. The van der Waals surface area contributed by atoms with Crippen LogP contribution in [0.5, 0.6) is 0 Å². The van der Waals surface area contributed by atoms with Gasteiger partial charge in [-0.05, 0) is 36.6 Å². The first-order chi connectivity index (χ1) is 13.9. The molecule has 2 heterocycles. The normalized spacial score (nSPS) is 13.3. The fourth-order valence-corrected chi connectivity index (χ4v) is 3.69. The molecule has 1 aliphatic rings. The lowest BCUT2D eigenvalue weighted by Gasteiger charge is -2.18. The number of hydrogen-bond donors (Lipinski definition) is 0. The van der Waals surface area contributed by atoms with Crippen molar-refractivity contribution >= 4 is 23.2 Å². The Kier molecular flexibility index (Phi) is 4.99. The van der Waals surface area contributed by atoms with Gasteiger partial charge in [-0.15, -0.1) is 0 Å². The highest BCUT2D eigenvalue weighted by Gasteiger charge is 2.33. The summed E-state index contributed by atoms with van der Waals surface area (Å²) >= 11 is 11.9. The van der Waals surface area contributed by atoms with Gasteiger partial charge in [0.2, 0.25) is 0 Å². The molecule has 0 saturated heterocycles. The fraction of sp³-hybridized carbons (Fsp3) is 0.200. The molecule has 0 amide bonds. The van der Waals surface area contributed by atoms with Gasteiger partial charge in [0.25, 0.3) is 5.56 Å². The lowest BCUT2D eigenvalue weighted by molar-refractivity contribution is 0.628. The standard InChI is InChI=1S/C20H13Cl2FN4O2/c21-13-8-14(10-25-9-13)27-19(28)17(12-3-4-16(23)15(22)7-12)18(11-1-2-11)26(6-5-24)20(27)29/h3-4,7-11H,1-2,6H2. The predicted molar refractivity (Wildman–Crippen MR) is 107 cm³/mol. The Morgan fingerprint density at radius 1 is 1.21 bits per heavy atom. The van der Waals surface area contributed by atoms with Crippen molar-refractivity contribution in [2.45, 2.75) is 25.3 Å². The van der Waals surface area contributed by atoms with E-state index < -0.39 is 17.1 Å². The minimum atomic E-state index is -0.653. The first-order valence-electron chi connectivity index (χ1n) is 8.75. The number of halogens is 3. The quantitative estimate of drug-likeness (QED) is 0.628. The van der Waals surface area contributed by atoms with Crippen LogP contribution in [0.15, 0.2) is 46.2 Å². The summed E-state index contributed by atoms with van der Waals surface area (Å²) in [6, 6.07) is 7.36. The molecular weight excluding hydrogens is 418 g/mol. The van der Waals surface area contributed by atoms with Crippen molar-refractivity contribution in [3.63, 3.8) is 0 Å². The third kappa shape index (κ3) is 3.46. The Morgan fingerprint density at radius 3 is 2.59 bits per heavy atom. The molecule has 1 aromatic carbocycles. The summed E-state index contributed by atoms with van der Waals surface area (Å²) in [5, 5.41) is 9.39. The monoisotopic (exact) mass is 430 g/mol. The van der Waals surface area contributed by atoms with Gasteiger partial charge in [-0.25, -0.2) is 13.8 Å². The second-order valence-electron chi connectivity index (χ2n) is 6.69. The van der Waals surface area contributed by atoms with Crippen molar-refractivity contribution in [1.29, 1.82) is 5.26 Å². The summed E-state index contributed by atoms with van der Waals surface area (Å²) in [4.78, 5) is 30.6. The topological polar surface area (TPSA) is 80.7 Å². The van der Waals surface area contributed by atoms with E-state index in [-0.39, 0.29) is 33.8 Å². The molecule has 1 saturated carbocycles. The van der Waals surface area contributed by atoms with Crippen molar-refractivity contribution in [2.75, 3.05) is 0 Å². The van der Waals surface area contributed by atoms with Crippen LogP contribution in [0.2, 0.25) is 10.0 Å². The summed E-state index contributed by atoms with van der Waals surface area (Å²) < 4.78 is 15.9. The summed E-state index contributed by atoms with van der Waals surface area (Å²) in [6.45, 7) is -0.235. The van der Waals surface area contributed by atoms with E-state index >= 15 is 0 Å². The van der Waals surface area contributed by atoms with Gasteiger partial charge in [-0.1, -0.05) is 29.3 Å². The first-order valence-corrected chi connectivity index (χ1v) is 9.51. The number of nitriles is 1. The molecule has 1 aliphatic carbocycles. The van der Waals surface area contributed by atoms with Gasteiger partial charge >= 0.3 is 5.69 Å². The molecule has 0 bridgehead atoms. The highest BCUT2D eigenvalue weighted by Crippen LogP contribution is 2.43. The Bertz CT molecular complexity index is 1290. The van der Waals surface area contributed by atoms with Crippen LogP contribution < -0.4 is 11.2 Å². The van der Waals surface area contributed by atoms with Gasteiger partial charge in [-0.2, -0.15) is 5.26 Å². The molecule has 0 atom stereocenters. The zero-order chi connectivity index (χ0) is 20.7. The van der Waals surface area contributed by atoms with Crippen molar-refractivity contribution in [2.24, 2.45) is 0 Å². The molecule has 0 radical (unpaired) electrons. The molecule has 4 rings (SSSR count). The predicted octanol–water partition coefficient (Wildman–Crippen LogP) is 3.91. The average Bonchev–Trinajstić information content (AvgIpc) is 3.51. The van der Waals surface area contributed by atoms with E-state index in [9.17, 15) is 19.2 Å². The molecule has 1 fully saturated rings. The summed E-state index contributed by atoms with van der Waals surface area (Å²) in [6.07, 6.45) is 4.29. The molecule has 3 aromatic rings. The molecule has 0 N–H and O–H groups in total. The Morgan fingerprint density at radius 2 is 1.97 bits per heavy atom. The maximum atomic E-state index is 13.7. The maximum Gasteiger partial charge on any atom is 0.336 e. The number of nitrogens with zero attached hydrogens (tertiary/aromatic N) is 4. The summed E-state index contributed by atoms with van der Waals surface area (Å²) in [7, 11) is 0. The van der Waals surface area contributed by atoms with E-state index in [1.165, 1.54) is 41.2 Å². The van der Waals surface area contributed by atoms with Crippen molar-refractivity contribution in [3.05, 3.63) is 79.1 Å². The number of benzene rings is 1. The zero-order valence-electron chi connectivity index (χ0n) is 14.9. The fourth-order valence-electron chi connectivity index (χ4n) is 3.35. The number of hydrogen-bond acceptors (Lipinski definition) is 4. The van der Waals surface area contributed by atoms with Crippen molar-refractivity contribution in [1.82, 2.24) is 14.1 Å². The van der Waals surface area contributed by atoms with Crippen LogP contribution in [0.3, 0.4) is 0 Å². The lowest BCUT2D eigenvalue weighted by Crippen LogP contribution is -2.41. The van der Waals surface area contributed by atoms with E-state index in [1.54, 1.807) is 0 Å². The van der Waals surface area contributed by atoms with Crippen molar-refractivity contribution in [3.8, 4) is 22.9 Å². The van der Waals surface area contributed by atoms with Crippen molar-refractivity contribution < 1.29 is 4.39 Å². The van der Waals surface area contributed by atoms with E-state index in [2.05, 4.69) is 4.98 Å². The molecule has 6 nitrogen and oxygen atoms in total. The largest absolute Gasteiger partial charge is 0.336 e. The maximum absolute atomic E-state index is 13.7. The number of aromatic nitrogens is 3. The van der Waals surface area contributed by atoms with E-state index in [0.29, 0.717) is 11.3 Å².